The molecule has 3 nitrogen and oxygen atoms in total. The first kappa shape index (κ1) is 14.4. The number of hydrogen-bond acceptors (Lipinski definition) is 3. The smallest absolute Gasteiger partial charge is 0.404 e. The molecule has 17 heavy (non-hydrogen) atoms. The van der Waals surface area contributed by atoms with Crippen LogP contribution in [0.2, 0.25) is 0 Å². The molecule has 1 rings (SSSR count). The molecule has 9 heteroatoms. The molecule has 0 aliphatic rings. The van der Waals surface area contributed by atoms with Crippen LogP contribution in [-0.2, 0) is 6.54 Å². The standard InChI is InChI=1S/C8H6F5IN2O/c9-7(10)6-3(14)1-5(4(2-15)16-6)17-8(11,12)13/h1,7H,2,15H2. The molecule has 0 amide bonds. The number of alkyl halides is 5. The van der Waals surface area contributed by atoms with Gasteiger partial charge in [0.05, 0.1) is 5.69 Å². The lowest BCUT2D eigenvalue weighted by molar-refractivity contribution is -0.275. The van der Waals surface area contributed by atoms with E-state index in [9.17, 15) is 22.0 Å². The maximum Gasteiger partial charge on any atom is 0.573 e. The van der Waals surface area contributed by atoms with Crippen LogP contribution >= 0.6 is 22.6 Å². The summed E-state index contributed by atoms with van der Waals surface area (Å²) in [6.45, 7) is -0.429. The zero-order valence-corrected chi connectivity index (χ0v) is 10.2. The van der Waals surface area contributed by atoms with Crippen molar-refractivity contribution in [1.29, 1.82) is 0 Å². The maximum atomic E-state index is 12.4. The second kappa shape index (κ2) is 5.29. The molecule has 0 saturated heterocycles. The number of halogens is 6. The Bertz CT molecular complexity index is 410. The minimum Gasteiger partial charge on any atom is -0.404 e. The second-order valence-corrected chi connectivity index (χ2v) is 4.02. The van der Waals surface area contributed by atoms with Gasteiger partial charge in [-0.3, -0.25) is 0 Å². The summed E-state index contributed by atoms with van der Waals surface area (Å²) in [7, 11) is 0. The largest absolute Gasteiger partial charge is 0.573 e. The van der Waals surface area contributed by atoms with E-state index in [0.717, 1.165) is 6.07 Å². The molecule has 0 aliphatic heterocycles. The molecule has 96 valence electrons. The van der Waals surface area contributed by atoms with E-state index in [-0.39, 0.29) is 9.26 Å². The lowest BCUT2D eigenvalue weighted by Crippen LogP contribution is -2.20. The fraction of sp³-hybridized carbons (Fsp3) is 0.375. The number of hydrogen-bond donors (Lipinski definition) is 1. The Morgan fingerprint density at radius 3 is 2.41 bits per heavy atom. The van der Waals surface area contributed by atoms with Crippen molar-refractivity contribution < 1.29 is 26.7 Å². The van der Waals surface area contributed by atoms with E-state index in [2.05, 4.69) is 9.72 Å². The topological polar surface area (TPSA) is 48.1 Å². The molecule has 0 fully saturated rings. The number of aromatic nitrogens is 1. The third-order valence-electron chi connectivity index (χ3n) is 1.67. The Hall–Kier alpha value is -0.710. The van der Waals surface area contributed by atoms with Gasteiger partial charge in [0, 0.05) is 10.1 Å². The predicted molar refractivity (Wildman–Crippen MR) is 56.5 cm³/mol. The van der Waals surface area contributed by atoms with Gasteiger partial charge in [-0.05, 0) is 28.7 Å². The minimum absolute atomic E-state index is 0.117. The van der Waals surface area contributed by atoms with Gasteiger partial charge in [0.2, 0.25) is 0 Å². The number of nitrogens with two attached hydrogens (primary N) is 1. The van der Waals surface area contributed by atoms with Crippen molar-refractivity contribution in [2.75, 3.05) is 0 Å². The highest BCUT2D eigenvalue weighted by atomic mass is 127. The molecule has 1 aromatic heterocycles. The first-order chi connectivity index (χ1) is 7.74. The molecule has 0 aliphatic carbocycles. The molecule has 0 aromatic carbocycles. The van der Waals surface area contributed by atoms with E-state index >= 15 is 0 Å². The summed E-state index contributed by atoms with van der Waals surface area (Å²) in [5, 5.41) is 0. The molecule has 1 aromatic rings. The Morgan fingerprint density at radius 1 is 1.41 bits per heavy atom. The van der Waals surface area contributed by atoms with E-state index < -0.39 is 30.8 Å². The molecular weight excluding hydrogens is 362 g/mol. The number of ether oxygens (including phenoxy) is 1. The third kappa shape index (κ3) is 3.91. The normalized spacial score (nSPS) is 12.0. The van der Waals surface area contributed by atoms with Crippen LogP contribution in [-0.4, -0.2) is 11.3 Å². The van der Waals surface area contributed by atoms with Gasteiger partial charge in [-0.25, -0.2) is 13.8 Å². The van der Waals surface area contributed by atoms with Gasteiger partial charge in [0.1, 0.15) is 5.69 Å². The first-order valence-electron chi connectivity index (χ1n) is 4.18. The summed E-state index contributed by atoms with van der Waals surface area (Å²) in [5.41, 5.74) is 4.16. The minimum atomic E-state index is -4.92. The monoisotopic (exact) mass is 368 g/mol. The first-order valence-corrected chi connectivity index (χ1v) is 5.25. The van der Waals surface area contributed by atoms with Gasteiger partial charge in [-0.15, -0.1) is 13.2 Å². The molecule has 1 heterocycles. The van der Waals surface area contributed by atoms with Crippen LogP contribution in [0.5, 0.6) is 5.75 Å². The van der Waals surface area contributed by atoms with Gasteiger partial charge in [0.15, 0.2) is 5.75 Å². The van der Waals surface area contributed by atoms with Crippen LogP contribution in [0.4, 0.5) is 22.0 Å². The van der Waals surface area contributed by atoms with Crippen LogP contribution in [0.15, 0.2) is 6.07 Å². The van der Waals surface area contributed by atoms with Crippen LogP contribution in [0.25, 0.3) is 0 Å². The number of pyridine rings is 1. The molecule has 0 spiro atoms. The highest BCUT2D eigenvalue weighted by Crippen LogP contribution is 2.31. The SMILES string of the molecule is NCc1nc(C(F)F)c(I)cc1OC(F)(F)F. The summed E-state index contributed by atoms with van der Waals surface area (Å²) in [5.74, 6) is -0.659. The highest BCUT2D eigenvalue weighted by molar-refractivity contribution is 14.1. The molecule has 2 N–H and O–H groups in total. The average molecular weight is 368 g/mol. The van der Waals surface area contributed by atoms with Gasteiger partial charge in [-0.1, -0.05) is 0 Å². The van der Waals surface area contributed by atoms with E-state index in [0.29, 0.717) is 0 Å². The summed E-state index contributed by atoms with van der Waals surface area (Å²) >= 11 is 1.46. The lowest BCUT2D eigenvalue weighted by atomic mass is 10.3. The van der Waals surface area contributed by atoms with Crippen molar-refractivity contribution >= 4 is 22.6 Å². The number of rotatable bonds is 3. The Morgan fingerprint density at radius 2 is 2.00 bits per heavy atom. The van der Waals surface area contributed by atoms with Crippen LogP contribution in [0, 0.1) is 3.57 Å². The zero-order chi connectivity index (χ0) is 13.2. The van der Waals surface area contributed by atoms with Gasteiger partial charge < -0.3 is 10.5 Å². The Balaban J connectivity index is 3.19. The van der Waals surface area contributed by atoms with Crippen molar-refractivity contribution in [3.05, 3.63) is 21.0 Å². The quantitative estimate of drug-likeness (QED) is 0.659. The molecule has 0 atom stereocenters. The van der Waals surface area contributed by atoms with Crippen LogP contribution in [0.1, 0.15) is 17.8 Å². The maximum absolute atomic E-state index is 12.4. The van der Waals surface area contributed by atoms with Crippen molar-refractivity contribution in [2.45, 2.75) is 19.3 Å². The Kier molecular flexibility index (Phi) is 4.47. The van der Waals surface area contributed by atoms with E-state index in [1.165, 1.54) is 22.6 Å². The van der Waals surface area contributed by atoms with Crippen molar-refractivity contribution in [2.24, 2.45) is 5.73 Å². The third-order valence-corrected chi connectivity index (χ3v) is 2.53. The lowest BCUT2D eigenvalue weighted by Gasteiger charge is -2.14. The molecule has 0 radical (unpaired) electrons. The van der Waals surface area contributed by atoms with Crippen molar-refractivity contribution in [1.82, 2.24) is 4.98 Å². The Labute approximate surface area is 106 Å². The highest BCUT2D eigenvalue weighted by Gasteiger charge is 2.33. The average Bonchev–Trinajstić information content (AvgIpc) is 2.14. The molecule has 0 bridgehead atoms. The van der Waals surface area contributed by atoms with Gasteiger partial charge in [0.25, 0.3) is 6.43 Å². The van der Waals surface area contributed by atoms with Crippen molar-refractivity contribution in [3.63, 3.8) is 0 Å². The van der Waals surface area contributed by atoms with Gasteiger partial charge >= 0.3 is 6.36 Å². The molecule has 0 saturated carbocycles. The fourth-order valence-electron chi connectivity index (χ4n) is 1.04. The zero-order valence-electron chi connectivity index (χ0n) is 8.06. The van der Waals surface area contributed by atoms with Crippen LogP contribution in [0.3, 0.4) is 0 Å². The number of nitrogens with zero attached hydrogens (tertiary/aromatic N) is 1. The molecular formula is C8H6F5IN2O. The fourth-order valence-corrected chi connectivity index (χ4v) is 1.68. The second-order valence-electron chi connectivity index (χ2n) is 2.85. The summed E-state index contributed by atoms with van der Waals surface area (Å²) in [4.78, 5) is 3.37. The van der Waals surface area contributed by atoms with Crippen molar-refractivity contribution in [3.8, 4) is 5.75 Å². The summed E-state index contributed by atoms with van der Waals surface area (Å²) in [6.07, 6.45) is -7.80. The van der Waals surface area contributed by atoms with E-state index in [1.54, 1.807) is 0 Å². The summed E-state index contributed by atoms with van der Waals surface area (Å²) in [6, 6.07) is 0.838. The predicted octanol–water partition coefficient (Wildman–Crippen LogP) is 2.98. The van der Waals surface area contributed by atoms with E-state index in [1.807, 2.05) is 0 Å². The van der Waals surface area contributed by atoms with Crippen LogP contribution < -0.4 is 10.5 Å². The van der Waals surface area contributed by atoms with E-state index in [4.69, 9.17) is 5.73 Å². The molecule has 0 unspecified atom stereocenters. The van der Waals surface area contributed by atoms with Gasteiger partial charge in [-0.2, -0.15) is 0 Å². The summed E-state index contributed by atoms with van der Waals surface area (Å²) < 4.78 is 64.4.